The van der Waals surface area contributed by atoms with Gasteiger partial charge in [-0.15, -0.1) is 0 Å². The molecule has 5 aromatic rings. The summed E-state index contributed by atoms with van der Waals surface area (Å²) in [5.41, 5.74) is 4.12. The van der Waals surface area contributed by atoms with E-state index in [9.17, 15) is 0 Å². The van der Waals surface area contributed by atoms with E-state index in [0.717, 1.165) is 18.3 Å². The number of allylic oxidation sites excluding steroid dienone is 4. The Hall–Kier alpha value is -3.34. The van der Waals surface area contributed by atoms with E-state index in [1.54, 1.807) is 0 Å². The van der Waals surface area contributed by atoms with Crippen LogP contribution in [0.5, 0.6) is 0 Å². The lowest BCUT2D eigenvalue weighted by molar-refractivity contribution is 0.00578. The van der Waals surface area contributed by atoms with E-state index in [-0.39, 0.29) is 0 Å². The predicted octanol–water partition coefficient (Wildman–Crippen LogP) is 7.59. The van der Waals surface area contributed by atoms with Gasteiger partial charge in [0.05, 0.1) is 22.2 Å². The van der Waals surface area contributed by atoms with Gasteiger partial charge in [0.2, 0.25) is 0 Å². The molecule has 0 spiro atoms. The van der Waals surface area contributed by atoms with Gasteiger partial charge in [-0.25, -0.2) is 0 Å². The van der Waals surface area contributed by atoms with E-state index < -0.39 is 18.3 Å². The molecule has 0 N–H and O–H groups in total. The van der Waals surface area contributed by atoms with Crippen molar-refractivity contribution >= 4 is 61.6 Å². The monoisotopic (exact) mass is 471 g/mol. The maximum atomic E-state index is 6.64. The second-order valence-corrected chi connectivity index (χ2v) is 11.1. The van der Waals surface area contributed by atoms with Crippen molar-refractivity contribution in [1.29, 1.82) is 0 Å². The zero-order chi connectivity index (χ0) is 24.7. The zero-order valence-corrected chi connectivity index (χ0v) is 21.3. The van der Waals surface area contributed by atoms with Crippen molar-refractivity contribution < 1.29 is 9.31 Å². The van der Waals surface area contributed by atoms with Gasteiger partial charge >= 0.3 is 7.12 Å². The summed E-state index contributed by atoms with van der Waals surface area (Å²) in [6.45, 7) is 8.50. The molecule has 0 amide bonds. The van der Waals surface area contributed by atoms with Crippen molar-refractivity contribution in [3.8, 4) is 0 Å². The number of benzene rings is 4. The quantitative estimate of drug-likeness (QED) is 0.248. The molecule has 2 aliphatic rings. The van der Waals surface area contributed by atoms with Crippen LogP contribution in [-0.4, -0.2) is 22.9 Å². The van der Waals surface area contributed by atoms with Crippen LogP contribution in [0.2, 0.25) is 0 Å². The smallest absolute Gasteiger partial charge is 0.399 e. The molecule has 1 saturated heterocycles. The number of hydrogen-bond donors (Lipinski definition) is 0. The highest BCUT2D eigenvalue weighted by molar-refractivity contribution is 6.67. The first kappa shape index (κ1) is 21.9. The van der Waals surface area contributed by atoms with E-state index >= 15 is 0 Å². The molecule has 1 aliphatic carbocycles. The van der Waals surface area contributed by atoms with Gasteiger partial charge in [-0.3, -0.25) is 0 Å². The highest BCUT2D eigenvalue weighted by atomic mass is 16.7. The van der Waals surface area contributed by atoms with E-state index in [1.807, 2.05) is 0 Å². The van der Waals surface area contributed by atoms with Crippen LogP contribution in [0.15, 0.2) is 85.0 Å². The molecular weight excluding hydrogens is 441 g/mol. The van der Waals surface area contributed by atoms with E-state index in [2.05, 4.69) is 117 Å². The van der Waals surface area contributed by atoms with Crippen molar-refractivity contribution in [2.24, 2.45) is 0 Å². The van der Waals surface area contributed by atoms with Crippen molar-refractivity contribution in [2.75, 3.05) is 0 Å². The largest absolute Gasteiger partial charge is 0.495 e. The Balaban J connectivity index is 1.69. The Morgan fingerprint density at radius 3 is 2.11 bits per heavy atom. The molecule has 36 heavy (non-hydrogen) atoms. The van der Waals surface area contributed by atoms with E-state index in [4.69, 9.17) is 9.31 Å². The molecule has 0 atom stereocenters. The van der Waals surface area contributed by atoms with Gasteiger partial charge in [0.1, 0.15) is 0 Å². The third kappa shape index (κ3) is 3.01. The van der Waals surface area contributed by atoms with Crippen LogP contribution >= 0.6 is 0 Å². The van der Waals surface area contributed by atoms with Crippen LogP contribution in [0.4, 0.5) is 0 Å². The molecule has 1 aromatic heterocycles. The molecule has 0 bridgehead atoms. The number of nitrogens with zero attached hydrogens (tertiary/aromatic N) is 1. The molecule has 3 nitrogen and oxygen atoms in total. The van der Waals surface area contributed by atoms with Gasteiger partial charge in [-0.2, -0.15) is 0 Å². The predicted molar refractivity (Wildman–Crippen MR) is 153 cm³/mol. The Labute approximate surface area is 212 Å². The van der Waals surface area contributed by atoms with Crippen LogP contribution in [0.1, 0.15) is 40.5 Å². The average Bonchev–Trinajstić information content (AvgIpc) is 3.34. The Morgan fingerprint density at radius 2 is 1.42 bits per heavy atom. The molecule has 0 unspecified atom stereocenters. The normalized spacial score (nSPS) is 19.1. The van der Waals surface area contributed by atoms with Crippen LogP contribution in [0.25, 0.3) is 49.0 Å². The summed E-state index contributed by atoms with van der Waals surface area (Å²) in [7, 11) is -0.437. The number of rotatable bonds is 2. The van der Waals surface area contributed by atoms with Crippen molar-refractivity contribution in [3.05, 3.63) is 85.0 Å². The Bertz CT molecular complexity index is 1740. The highest BCUT2D eigenvalue weighted by Gasteiger charge is 2.52. The molecule has 178 valence electrons. The summed E-state index contributed by atoms with van der Waals surface area (Å²) in [4.78, 5) is 0. The molecule has 7 rings (SSSR count). The molecule has 1 aliphatic heterocycles. The fourth-order valence-corrected chi connectivity index (χ4v) is 5.89. The fourth-order valence-electron chi connectivity index (χ4n) is 5.89. The van der Waals surface area contributed by atoms with Crippen molar-refractivity contribution in [3.63, 3.8) is 0 Å². The summed E-state index contributed by atoms with van der Waals surface area (Å²) >= 11 is 0. The second-order valence-electron chi connectivity index (χ2n) is 11.1. The minimum Gasteiger partial charge on any atom is -0.399 e. The molecular formula is C32H30BNO2. The summed E-state index contributed by atoms with van der Waals surface area (Å²) in [5, 5.41) is 7.45. The minimum absolute atomic E-state index is 0.405. The lowest BCUT2D eigenvalue weighted by atomic mass is 9.75. The summed E-state index contributed by atoms with van der Waals surface area (Å²) in [6, 6.07) is 24.3. The lowest BCUT2D eigenvalue weighted by Crippen LogP contribution is -2.41. The number of hydrogen-bond acceptors (Lipinski definition) is 2. The summed E-state index contributed by atoms with van der Waals surface area (Å²) < 4.78 is 15.8. The first-order valence-electron chi connectivity index (χ1n) is 12.9. The molecule has 0 saturated carbocycles. The first-order chi connectivity index (χ1) is 17.4. The maximum Gasteiger partial charge on any atom is 0.495 e. The number of fused-ring (bicyclic) bond motifs is 7. The molecule has 4 heteroatoms. The van der Waals surface area contributed by atoms with Gasteiger partial charge in [-0.1, -0.05) is 78.9 Å². The summed E-state index contributed by atoms with van der Waals surface area (Å²) in [5.74, 6) is 0. The van der Waals surface area contributed by atoms with Gasteiger partial charge in [0.15, 0.2) is 0 Å². The SMILES string of the molecule is CC1(C)OB(c2cc3ccccc3c3c2c2ccc4ccccc4c2n3C2=CC=CCC2)OC1(C)C. The third-order valence-corrected chi connectivity index (χ3v) is 8.46. The molecule has 1 fully saturated rings. The average molecular weight is 471 g/mol. The van der Waals surface area contributed by atoms with E-state index in [0.29, 0.717) is 0 Å². The van der Waals surface area contributed by atoms with Gasteiger partial charge in [-0.05, 0) is 62.8 Å². The molecule has 2 heterocycles. The van der Waals surface area contributed by atoms with Crippen molar-refractivity contribution in [2.45, 2.75) is 51.7 Å². The molecule has 0 radical (unpaired) electrons. The van der Waals surface area contributed by atoms with E-state index in [1.165, 1.54) is 49.0 Å². The van der Waals surface area contributed by atoms with Crippen LogP contribution in [0, 0.1) is 0 Å². The maximum absolute atomic E-state index is 6.64. The fraction of sp³-hybridized carbons (Fsp3) is 0.250. The van der Waals surface area contributed by atoms with Gasteiger partial charge in [0, 0.05) is 27.2 Å². The van der Waals surface area contributed by atoms with Crippen LogP contribution in [-0.2, 0) is 9.31 Å². The van der Waals surface area contributed by atoms with Crippen LogP contribution < -0.4 is 5.46 Å². The topological polar surface area (TPSA) is 23.4 Å². The highest BCUT2D eigenvalue weighted by Crippen LogP contribution is 2.42. The van der Waals surface area contributed by atoms with Crippen LogP contribution in [0.3, 0.4) is 0 Å². The zero-order valence-electron chi connectivity index (χ0n) is 21.3. The summed E-state index contributed by atoms with van der Waals surface area (Å²) in [6.07, 6.45) is 8.78. The number of aromatic nitrogens is 1. The Kier molecular flexibility index (Phi) is 4.61. The van der Waals surface area contributed by atoms with Gasteiger partial charge in [0.25, 0.3) is 0 Å². The molecule has 4 aromatic carbocycles. The third-order valence-electron chi connectivity index (χ3n) is 8.46. The first-order valence-corrected chi connectivity index (χ1v) is 12.9. The standard InChI is InChI=1S/C32H30BNO2/c1-31(2)32(3,4)36-33(35-31)27-20-22-13-9-11-17-25(22)30-28(27)26-19-18-21-12-8-10-16-24(21)29(26)34(30)23-14-6-5-7-15-23/h5-6,8-14,16-20H,7,15H2,1-4H3. The minimum atomic E-state index is -0.437. The van der Waals surface area contributed by atoms with Gasteiger partial charge < -0.3 is 13.9 Å². The lowest BCUT2D eigenvalue weighted by Gasteiger charge is -2.32. The second kappa shape index (κ2) is 7.58. The van der Waals surface area contributed by atoms with Crippen molar-refractivity contribution in [1.82, 2.24) is 4.57 Å². The Morgan fingerprint density at radius 1 is 0.750 bits per heavy atom.